The maximum Gasteiger partial charge on any atom is 0.322 e. The Morgan fingerprint density at radius 3 is 2.60 bits per heavy atom. The summed E-state index contributed by atoms with van der Waals surface area (Å²) in [6, 6.07) is -0.620. The van der Waals surface area contributed by atoms with Crippen molar-refractivity contribution in [2.45, 2.75) is 45.1 Å². The lowest BCUT2D eigenvalue weighted by molar-refractivity contribution is -0.141. The Bertz CT molecular complexity index is 497. The molecule has 5 N–H and O–H groups in total. The number of piperidine rings is 1. The summed E-state index contributed by atoms with van der Waals surface area (Å²) in [5.74, 6) is -2.39. The standard InChI is InChI=1S/C16H28N4O5/c1-11(21)19-13(6-2-3-7-17)16(25)20-8-4-5-12(10-20)15(24)18-9-14(22)23/h12-13H,2-10,17H2,1H3,(H,18,24)(H,19,21)(H,22,23)/t12?,13-/m1/s1. The van der Waals surface area contributed by atoms with E-state index in [0.29, 0.717) is 32.4 Å². The van der Waals surface area contributed by atoms with Crippen LogP contribution in [0.15, 0.2) is 0 Å². The third kappa shape index (κ3) is 7.51. The number of carbonyl (C=O) groups excluding carboxylic acids is 3. The smallest absolute Gasteiger partial charge is 0.322 e. The van der Waals surface area contributed by atoms with Crippen LogP contribution < -0.4 is 16.4 Å². The number of hydrogen-bond acceptors (Lipinski definition) is 5. The first-order valence-corrected chi connectivity index (χ1v) is 8.60. The summed E-state index contributed by atoms with van der Waals surface area (Å²) in [7, 11) is 0. The number of carboxylic acid groups (broad SMARTS) is 1. The minimum atomic E-state index is -1.11. The minimum Gasteiger partial charge on any atom is -0.480 e. The highest BCUT2D eigenvalue weighted by Crippen LogP contribution is 2.18. The number of likely N-dealkylation sites (tertiary alicyclic amines) is 1. The highest BCUT2D eigenvalue weighted by Gasteiger charge is 2.32. The van der Waals surface area contributed by atoms with Gasteiger partial charge in [-0.3, -0.25) is 19.2 Å². The van der Waals surface area contributed by atoms with Gasteiger partial charge < -0.3 is 26.4 Å². The SMILES string of the molecule is CC(=O)N[C@H](CCCCN)C(=O)N1CCCC(C(=O)NCC(=O)O)C1. The lowest BCUT2D eigenvalue weighted by atomic mass is 9.96. The van der Waals surface area contributed by atoms with Gasteiger partial charge in [-0.1, -0.05) is 0 Å². The highest BCUT2D eigenvalue weighted by molar-refractivity contribution is 5.88. The predicted octanol–water partition coefficient (Wildman–Crippen LogP) is -0.940. The molecule has 3 amide bonds. The monoisotopic (exact) mass is 356 g/mol. The lowest BCUT2D eigenvalue weighted by Gasteiger charge is -2.34. The van der Waals surface area contributed by atoms with Crippen LogP contribution in [0.5, 0.6) is 0 Å². The first-order valence-electron chi connectivity index (χ1n) is 8.60. The molecule has 142 valence electrons. The van der Waals surface area contributed by atoms with Crippen molar-refractivity contribution in [3.8, 4) is 0 Å². The van der Waals surface area contributed by atoms with Gasteiger partial charge in [-0.15, -0.1) is 0 Å². The molecule has 0 spiro atoms. The number of nitrogens with zero attached hydrogens (tertiary/aromatic N) is 1. The van der Waals surface area contributed by atoms with Crippen LogP contribution in [-0.4, -0.2) is 65.9 Å². The average molecular weight is 356 g/mol. The third-order valence-corrected chi connectivity index (χ3v) is 4.14. The largest absolute Gasteiger partial charge is 0.480 e. The number of amides is 3. The quantitative estimate of drug-likeness (QED) is 0.393. The fourth-order valence-corrected chi connectivity index (χ4v) is 2.91. The number of nitrogens with one attached hydrogen (secondary N) is 2. The molecular weight excluding hydrogens is 328 g/mol. The van der Waals surface area contributed by atoms with E-state index < -0.39 is 24.5 Å². The minimum absolute atomic E-state index is 0.206. The van der Waals surface area contributed by atoms with Crippen molar-refractivity contribution in [1.82, 2.24) is 15.5 Å². The molecule has 1 aliphatic rings. The van der Waals surface area contributed by atoms with Crippen LogP contribution in [0.2, 0.25) is 0 Å². The Labute approximate surface area is 147 Å². The van der Waals surface area contributed by atoms with Crippen molar-refractivity contribution in [2.24, 2.45) is 11.7 Å². The second-order valence-corrected chi connectivity index (χ2v) is 6.27. The predicted molar refractivity (Wildman–Crippen MR) is 90.5 cm³/mol. The summed E-state index contributed by atoms with van der Waals surface area (Å²) in [4.78, 5) is 48.2. The molecule has 0 aliphatic carbocycles. The molecule has 0 saturated carbocycles. The van der Waals surface area contributed by atoms with Crippen LogP contribution >= 0.6 is 0 Å². The number of hydrogen-bond donors (Lipinski definition) is 4. The molecule has 0 aromatic heterocycles. The van der Waals surface area contributed by atoms with E-state index in [4.69, 9.17) is 10.8 Å². The molecule has 9 nitrogen and oxygen atoms in total. The molecule has 25 heavy (non-hydrogen) atoms. The molecule has 1 saturated heterocycles. The van der Waals surface area contributed by atoms with E-state index >= 15 is 0 Å². The van der Waals surface area contributed by atoms with Gasteiger partial charge in [0.15, 0.2) is 0 Å². The van der Waals surface area contributed by atoms with Gasteiger partial charge in [-0.25, -0.2) is 0 Å². The average Bonchev–Trinajstić information content (AvgIpc) is 2.58. The number of unbranched alkanes of at least 4 members (excludes halogenated alkanes) is 1. The zero-order valence-corrected chi connectivity index (χ0v) is 14.6. The summed E-state index contributed by atoms with van der Waals surface area (Å²) >= 11 is 0. The van der Waals surface area contributed by atoms with E-state index in [2.05, 4.69) is 10.6 Å². The number of rotatable bonds is 9. The molecule has 1 unspecified atom stereocenters. The zero-order valence-electron chi connectivity index (χ0n) is 14.6. The van der Waals surface area contributed by atoms with E-state index in [0.717, 1.165) is 12.8 Å². The molecule has 0 bridgehead atoms. The molecular formula is C16H28N4O5. The highest BCUT2D eigenvalue weighted by atomic mass is 16.4. The number of aliphatic carboxylic acids is 1. The van der Waals surface area contributed by atoms with Crippen molar-refractivity contribution in [3.63, 3.8) is 0 Å². The Kier molecular flexibility index (Phi) is 8.90. The van der Waals surface area contributed by atoms with Gasteiger partial charge in [-0.05, 0) is 38.6 Å². The first-order chi connectivity index (χ1) is 11.8. The maximum atomic E-state index is 12.7. The molecule has 2 atom stereocenters. The second-order valence-electron chi connectivity index (χ2n) is 6.27. The molecule has 0 aromatic carbocycles. The molecule has 0 aromatic rings. The van der Waals surface area contributed by atoms with E-state index in [1.54, 1.807) is 4.90 Å². The van der Waals surface area contributed by atoms with Gasteiger partial charge in [0, 0.05) is 20.0 Å². The van der Waals surface area contributed by atoms with Gasteiger partial charge in [0.1, 0.15) is 12.6 Å². The number of nitrogens with two attached hydrogens (primary N) is 1. The van der Waals surface area contributed by atoms with E-state index in [-0.39, 0.29) is 24.3 Å². The van der Waals surface area contributed by atoms with Gasteiger partial charge in [0.2, 0.25) is 17.7 Å². The summed E-state index contributed by atoms with van der Waals surface area (Å²) in [5, 5.41) is 13.7. The fourth-order valence-electron chi connectivity index (χ4n) is 2.91. The second kappa shape index (κ2) is 10.7. The van der Waals surface area contributed by atoms with Crippen molar-refractivity contribution < 1.29 is 24.3 Å². The van der Waals surface area contributed by atoms with Crippen molar-refractivity contribution in [3.05, 3.63) is 0 Å². The van der Waals surface area contributed by atoms with Gasteiger partial charge in [0.25, 0.3) is 0 Å². The van der Waals surface area contributed by atoms with Crippen LogP contribution in [0.1, 0.15) is 39.0 Å². The Morgan fingerprint density at radius 2 is 2.00 bits per heavy atom. The summed E-state index contributed by atoms with van der Waals surface area (Å²) in [5.41, 5.74) is 5.47. The summed E-state index contributed by atoms with van der Waals surface area (Å²) in [6.07, 6.45) is 3.26. The number of carbonyl (C=O) groups is 4. The van der Waals surface area contributed by atoms with Crippen LogP contribution in [0, 0.1) is 5.92 Å². The van der Waals surface area contributed by atoms with Crippen LogP contribution in [0.4, 0.5) is 0 Å². The topological polar surface area (TPSA) is 142 Å². The molecule has 1 rings (SSSR count). The molecule has 9 heteroatoms. The Balaban J connectivity index is 2.65. The van der Waals surface area contributed by atoms with Crippen LogP contribution in [0.25, 0.3) is 0 Å². The van der Waals surface area contributed by atoms with E-state index in [1.807, 2.05) is 0 Å². The summed E-state index contributed by atoms with van der Waals surface area (Å²) in [6.45, 7) is 2.21. The molecule has 1 aliphatic heterocycles. The van der Waals surface area contributed by atoms with Gasteiger partial charge >= 0.3 is 5.97 Å². The van der Waals surface area contributed by atoms with Gasteiger partial charge in [0.05, 0.1) is 5.92 Å². The third-order valence-electron chi connectivity index (χ3n) is 4.14. The maximum absolute atomic E-state index is 12.7. The van der Waals surface area contributed by atoms with Gasteiger partial charge in [-0.2, -0.15) is 0 Å². The van der Waals surface area contributed by atoms with Crippen molar-refractivity contribution in [2.75, 3.05) is 26.2 Å². The van der Waals surface area contributed by atoms with Crippen LogP contribution in [0.3, 0.4) is 0 Å². The van der Waals surface area contributed by atoms with E-state index in [1.165, 1.54) is 6.92 Å². The molecule has 1 heterocycles. The van der Waals surface area contributed by atoms with E-state index in [9.17, 15) is 19.2 Å². The zero-order chi connectivity index (χ0) is 18.8. The lowest BCUT2D eigenvalue weighted by Crippen LogP contribution is -2.52. The van der Waals surface area contributed by atoms with Crippen LogP contribution in [-0.2, 0) is 19.2 Å². The summed E-state index contributed by atoms with van der Waals surface area (Å²) < 4.78 is 0. The molecule has 0 radical (unpaired) electrons. The Morgan fingerprint density at radius 1 is 1.28 bits per heavy atom. The normalized spacial score (nSPS) is 18.3. The van der Waals surface area contributed by atoms with Crippen molar-refractivity contribution >= 4 is 23.7 Å². The number of carboxylic acids is 1. The van der Waals surface area contributed by atoms with Crippen molar-refractivity contribution in [1.29, 1.82) is 0 Å². The first kappa shape index (κ1) is 20.9. The fraction of sp³-hybridized carbons (Fsp3) is 0.750. The molecule has 1 fully saturated rings. The Hall–Kier alpha value is -2.16.